The van der Waals surface area contributed by atoms with E-state index in [1.807, 2.05) is 11.8 Å². The van der Waals surface area contributed by atoms with Crippen LogP contribution >= 0.6 is 11.5 Å². The Kier molecular flexibility index (Phi) is 3.09. The molecule has 1 aliphatic rings. The average Bonchev–Trinajstić information content (AvgIpc) is 2.82. The predicted octanol–water partition coefficient (Wildman–Crippen LogP) is 1.62. The third kappa shape index (κ3) is 1.89. The first kappa shape index (κ1) is 11.3. The van der Waals surface area contributed by atoms with Gasteiger partial charge in [-0.3, -0.25) is 4.79 Å². The van der Waals surface area contributed by atoms with Gasteiger partial charge in [-0.25, -0.2) is 4.98 Å². The molecule has 0 radical (unpaired) electrons. The molecule has 2 rings (SSSR count). The molecule has 1 aliphatic heterocycles. The number of hydrogen-bond acceptors (Lipinski definition) is 5. The molecule has 2 heterocycles. The largest absolute Gasteiger partial charge is 0.481 e. The van der Waals surface area contributed by atoms with Crippen molar-refractivity contribution in [2.24, 2.45) is 5.41 Å². The van der Waals surface area contributed by atoms with E-state index in [0.717, 1.165) is 24.5 Å². The number of anilines is 1. The molecule has 1 aromatic heterocycles. The second-order valence-electron chi connectivity index (χ2n) is 4.19. The van der Waals surface area contributed by atoms with Crippen molar-refractivity contribution in [3.63, 3.8) is 0 Å². The number of carboxylic acid groups (broad SMARTS) is 1. The van der Waals surface area contributed by atoms with Crippen LogP contribution in [0, 0.1) is 5.41 Å². The molecule has 1 N–H and O–H groups in total. The fraction of sp³-hybridized carbons (Fsp3) is 0.700. The molecule has 1 unspecified atom stereocenters. The quantitative estimate of drug-likeness (QED) is 0.871. The Hall–Kier alpha value is -1.17. The SMILES string of the molecule is CCC1(C(=O)O)CCCN(c2ncns2)C1. The highest BCUT2D eigenvalue weighted by molar-refractivity contribution is 7.09. The average molecular weight is 241 g/mol. The zero-order chi connectivity index (χ0) is 11.6. The molecule has 6 heteroatoms. The highest BCUT2D eigenvalue weighted by atomic mass is 32.1. The highest BCUT2D eigenvalue weighted by Crippen LogP contribution is 2.35. The molecule has 5 nitrogen and oxygen atoms in total. The van der Waals surface area contributed by atoms with Crippen LogP contribution < -0.4 is 4.90 Å². The van der Waals surface area contributed by atoms with E-state index in [1.165, 1.54) is 17.9 Å². The van der Waals surface area contributed by atoms with Crippen LogP contribution in [0.3, 0.4) is 0 Å². The van der Waals surface area contributed by atoms with Crippen molar-refractivity contribution in [2.75, 3.05) is 18.0 Å². The number of piperidine rings is 1. The number of hydrogen-bond donors (Lipinski definition) is 1. The first-order chi connectivity index (χ1) is 7.68. The Morgan fingerprint density at radius 3 is 3.12 bits per heavy atom. The zero-order valence-corrected chi connectivity index (χ0v) is 10.0. The van der Waals surface area contributed by atoms with E-state index >= 15 is 0 Å². The summed E-state index contributed by atoms with van der Waals surface area (Å²) >= 11 is 1.32. The van der Waals surface area contributed by atoms with Gasteiger partial charge in [0.15, 0.2) is 0 Å². The number of carboxylic acids is 1. The van der Waals surface area contributed by atoms with E-state index < -0.39 is 11.4 Å². The summed E-state index contributed by atoms with van der Waals surface area (Å²) in [5.41, 5.74) is -0.607. The van der Waals surface area contributed by atoms with Gasteiger partial charge in [-0.15, -0.1) is 0 Å². The lowest BCUT2D eigenvalue weighted by atomic mass is 9.78. The van der Waals surface area contributed by atoms with Crippen molar-refractivity contribution in [1.29, 1.82) is 0 Å². The molecule has 0 saturated carbocycles. The molecular weight excluding hydrogens is 226 g/mol. The minimum absolute atomic E-state index is 0.550. The van der Waals surface area contributed by atoms with E-state index in [0.29, 0.717) is 13.0 Å². The zero-order valence-electron chi connectivity index (χ0n) is 9.22. The Morgan fingerprint density at radius 2 is 2.56 bits per heavy atom. The monoisotopic (exact) mass is 241 g/mol. The van der Waals surface area contributed by atoms with Crippen LogP contribution in [-0.4, -0.2) is 33.5 Å². The fourth-order valence-corrected chi connectivity index (χ4v) is 2.77. The Labute approximate surface area is 98.3 Å². The minimum Gasteiger partial charge on any atom is -0.481 e. The number of rotatable bonds is 3. The molecule has 0 amide bonds. The summed E-state index contributed by atoms with van der Waals surface area (Å²) in [4.78, 5) is 17.5. The van der Waals surface area contributed by atoms with E-state index in [4.69, 9.17) is 0 Å². The predicted molar refractivity (Wildman–Crippen MR) is 61.7 cm³/mol. The molecule has 0 bridgehead atoms. The lowest BCUT2D eigenvalue weighted by Crippen LogP contribution is -2.47. The minimum atomic E-state index is -0.691. The first-order valence-electron chi connectivity index (χ1n) is 5.43. The molecule has 16 heavy (non-hydrogen) atoms. The molecule has 1 atom stereocenters. The van der Waals surface area contributed by atoms with E-state index in [9.17, 15) is 9.90 Å². The van der Waals surface area contributed by atoms with Crippen LogP contribution in [0.5, 0.6) is 0 Å². The topological polar surface area (TPSA) is 66.3 Å². The van der Waals surface area contributed by atoms with Gasteiger partial charge in [0, 0.05) is 24.6 Å². The second kappa shape index (κ2) is 4.37. The standard InChI is InChI=1S/C10H15N3O2S/c1-2-10(8(14)15)4-3-5-13(6-10)9-11-7-12-16-9/h7H,2-6H2,1H3,(H,14,15). The molecule has 88 valence electrons. The molecule has 1 fully saturated rings. The van der Waals surface area contributed by atoms with E-state index in [2.05, 4.69) is 9.36 Å². The van der Waals surface area contributed by atoms with Crippen LogP contribution in [0.4, 0.5) is 5.13 Å². The van der Waals surface area contributed by atoms with Crippen LogP contribution in [-0.2, 0) is 4.79 Å². The molecule has 1 saturated heterocycles. The maximum atomic E-state index is 11.4. The molecular formula is C10H15N3O2S. The molecule has 0 aromatic carbocycles. The Bertz CT molecular complexity index is 368. The maximum absolute atomic E-state index is 11.4. The van der Waals surface area contributed by atoms with Gasteiger partial charge in [-0.1, -0.05) is 6.92 Å². The van der Waals surface area contributed by atoms with Gasteiger partial charge in [-0.2, -0.15) is 4.37 Å². The van der Waals surface area contributed by atoms with Crippen molar-refractivity contribution in [1.82, 2.24) is 9.36 Å². The van der Waals surface area contributed by atoms with E-state index in [1.54, 1.807) is 0 Å². The maximum Gasteiger partial charge on any atom is 0.311 e. The van der Waals surface area contributed by atoms with Gasteiger partial charge in [0.05, 0.1) is 5.41 Å². The normalized spacial score (nSPS) is 25.7. The van der Waals surface area contributed by atoms with Crippen molar-refractivity contribution in [3.8, 4) is 0 Å². The lowest BCUT2D eigenvalue weighted by molar-refractivity contribution is -0.149. The second-order valence-corrected chi connectivity index (χ2v) is 4.95. The number of nitrogens with zero attached hydrogens (tertiary/aromatic N) is 3. The van der Waals surface area contributed by atoms with Crippen LogP contribution in [0.1, 0.15) is 26.2 Å². The van der Waals surface area contributed by atoms with E-state index in [-0.39, 0.29) is 0 Å². The summed E-state index contributed by atoms with van der Waals surface area (Å²) in [6.45, 7) is 3.37. The number of aliphatic carboxylic acids is 1. The number of aromatic nitrogens is 2. The van der Waals surface area contributed by atoms with Gasteiger partial charge in [0.25, 0.3) is 0 Å². The lowest BCUT2D eigenvalue weighted by Gasteiger charge is -2.39. The summed E-state index contributed by atoms with van der Waals surface area (Å²) in [6, 6.07) is 0. The molecule has 0 aliphatic carbocycles. The fourth-order valence-electron chi connectivity index (χ4n) is 2.22. The van der Waals surface area contributed by atoms with Crippen molar-refractivity contribution < 1.29 is 9.90 Å². The Balaban J connectivity index is 2.18. The van der Waals surface area contributed by atoms with Gasteiger partial charge in [-0.05, 0) is 19.3 Å². The Morgan fingerprint density at radius 1 is 1.75 bits per heavy atom. The first-order valence-corrected chi connectivity index (χ1v) is 6.20. The summed E-state index contributed by atoms with van der Waals surface area (Å²) < 4.78 is 3.96. The van der Waals surface area contributed by atoms with Crippen LogP contribution in [0.25, 0.3) is 0 Å². The molecule has 0 spiro atoms. The van der Waals surface area contributed by atoms with Crippen molar-refractivity contribution in [3.05, 3.63) is 6.33 Å². The number of carbonyl (C=O) groups is 1. The molecule has 1 aromatic rings. The third-order valence-electron chi connectivity index (χ3n) is 3.33. The summed E-state index contributed by atoms with van der Waals surface area (Å²) in [7, 11) is 0. The van der Waals surface area contributed by atoms with Gasteiger partial charge in [0.2, 0.25) is 5.13 Å². The third-order valence-corrected chi connectivity index (χ3v) is 4.05. The van der Waals surface area contributed by atoms with Gasteiger partial charge < -0.3 is 10.0 Å². The summed E-state index contributed by atoms with van der Waals surface area (Å²) in [5.74, 6) is -0.691. The van der Waals surface area contributed by atoms with Crippen LogP contribution in [0.2, 0.25) is 0 Å². The van der Waals surface area contributed by atoms with Crippen molar-refractivity contribution in [2.45, 2.75) is 26.2 Å². The van der Waals surface area contributed by atoms with Gasteiger partial charge >= 0.3 is 5.97 Å². The summed E-state index contributed by atoms with van der Waals surface area (Å²) in [6.07, 6.45) is 3.84. The smallest absolute Gasteiger partial charge is 0.311 e. The highest BCUT2D eigenvalue weighted by Gasteiger charge is 2.41. The summed E-state index contributed by atoms with van der Waals surface area (Å²) in [5, 5.41) is 10.2. The van der Waals surface area contributed by atoms with Crippen molar-refractivity contribution >= 4 is 22.6 Å². The van der Waals surface area contributed by atoms with Crippen LogP contribution in [0.15, 0.2) is 6.33 Å². The van der Waals surface area contributed by atoms with Gasteiger partial charge in [0.1, 0.15) is 6.33 Å².